The number of hydrogen-bond donors (Lipinski definition) is 8. The molecule has 0 aliphatic rings. The van der Waals surface area contributed by atoms with Crippen LogP contribution in [0.25, 0.3) is 0 Å². The van der Waals surface area contributed by atoms with E-state index in [2.05, 4.69) is 20.9 Å². The highest BCUT2D eigenvalue weighted by Gasteiger charge is 2.41. The highest BCUT2D eigenvalue weighted by molar-refractivity contribution is 6.33. The summed E-state index contributed by atoms with van der Waals surface area (Å²) in [7, 11) is 12.8. The van der Waals surface area contributed by atoms with Crippen molar-refractivity contribution in [3.63, 3.8) is 0 Å². The molecule has 2 aromatic carbocycles. The van der Waals surface area contributed by atoms with Crippen LogP contribution in [0.2, 0.25) is 0 Å². The molecule has 13 nitrogen and oxygen atoms in total. The summed E-state index contributed by atoms with van der Waals surface area (Å²) in [6.07, 6.45) is 1.32. The molecule has 0 unspecified atom stereocenters. The van der Waals surface area contributed by atoms with Gasteiger partial charge in [0.25, 0.3) is 0 Å². The molecule has 4 amide bonds. The minimum atomic E-state index is -2.12. The van der Waals surface area contributed by atoms with Gasteiger partial charge in [0.2, 0.25) is 23.6 Å². The molecular formula is C30H43B2N9O4. The van der Waals surface area contributed by atoms with Crippen molar-refractivity contribution in [2.75, 3.05) is 13.1 Å². The number of nitrogens with one attached hydrogen (secondary N) is 3. The Morgan fingerprint density at radius 3 is 1.96 bits per heavy atom. The summed E-state index contributed by atoms with van der Waals surface area (Å²) in [5, 5.41) is 7.68. The molecule has 2 rings (SSSR count). The molecule has 0 heterocycles. The molecule has 0 bridgehead atoms. The highest BCUT2D eigenvalue weighted by Crippen LogP contribution is 2.17. The number of benzene rings is 2. The summed E-state index contributed by atoms with van der Waals surface area (Å²) in [5.41, 5.74) is 25.4. The first-order chi connectivity index (χ1) is 21.3. The summed E-state index contributed by atoms with van der Waals surface area (Å²) in [6.45, 7) is 0.520. The molecule has 0 spiro atoms. The van der Waals surface area contributed by atoms with Crippen molar-refractivity contribution >= 4 is 45.3 Å². The predicted octanol–water partition coefficient (Wildman–Crippen LogP) is -2.09. The first-order valence-corrected chi connectivity index (χ1v) is 14.7. The van der Waals surface area contributed by atoms with Crippen LogP contribution in [0.15, 0.2) is 65.7 Å². The topological polar surface area (TPSA) is 247 Å². The van der Waals surface area contributed by atoms with E-state index in [0.29, 0.717) is 31.4 Å². The van der Waals surface area contributed by atoms with Gasteiger partial charge in [-0.05, 0) is 56.2 Å². The van der Waals surface area contributed by atoms with Crippen molar-refractivity contribution < 1.29 is 19.2 Å². The summed E-state index contributed by atoms with van der Waals surface area (Å²) in [4.78, 5) is 56.8. The summed E-state index contributed by atoms with van der Waals surface area (Å²) >= 11 is 0. The van der Waals surface area contributed by atoms with Crippen LogP contribution >= 0.6 is 0 Å². The molecule has 0 fully saturated rings. The average Bonchev–Trinajstić information content (AvgIpc) is 2.99. The van der Waals surface area contributed by atoms with Gasteiger partial charge >= 0.3 is 0 Å². The van der Waals surface area contributed by atoms with Crippen LogP contribution in [0.4, 0.5) is 0 Å². The summed E-state index contributed by atoms with van der Waals surface area (Å²) in [6, 6.07) is 15.7. The molecule has 0 aromatic heterocycles. The lowest BCUT2D eigenvalue weighted by molar-refractivity contribution is -0.135. The highest BCUT2D eigenvalue weighted by atomic mass is 16.2. The van der Waals surface area contributed by atoms with E-state index in [9.17, 15) is 19.2 Å². The van der Waals surface area contributed by atoms with Gasteiger partial charge in [-0.2, -0.15) is 0 Å². The number of carbonyl (C=O) groups is 4. The first-order valence-electron chi connectivity index (χ1n) is 14.7. The van der Waals surface area contributed by atoms with Crippen molar-refractivity contribution in [1.82, 2.24) is 16.0 Å². The van der Waals surface area contributed by atoms with E-state index in [1.165, 1.54) is 0 Å². The maximum absolute atomic E-state index is 13.8. The predicted molar refractivity (Wildman–Crippen MR) is 175 cm³/mol. The van der Waals surface area contributed by atoms with Crippen molar-refractivity contribution in [2.45, 2.75) is 67.9 Å². The third-order valence-corrected chi connectivity index (χ3v) is 7.09. The Hall–Kier alpha value is -4.36. The zero-order valence-electron chi connectivity index (χ0n) is 25.4. The number of carbonyl (C=O) groups excluding carboxylic acids is 4. The van der Waals surface area contributed by atoms with Crippen LogP contribution in [0.5, 0.6) is 0 Å². The van der Waals surface area contributed by atoms with Gasteiger partial charge in [-0.3, -0.25) is 24.2 Å². The zero-order valence-corrected chi connectivity index (χ0v) is 25.4. The minimum absolute atomic E-state index is 0.0105. The van der Waals surface area contributed by atoms with E-state index in [1.807, 2.05) is 30.3 Å². The summed E-state index contributed by atoms with van der Waals surface area (Å²) < 4.78 is 0. The van der Waals surface area contributed by atoms with E-state index in [1.54, 1.807) is 30.3 Å². The molecule has 13 N–H and O–H groups in total. The van der Waals surface area contributed by atoms with Gasteiger partial charge in [-0.1, -0.05) is 67.1 Å². The van der Waals surface area contributed by atoms with Crippen LogP contribution in [0.1, 0.15) is 43.2 Å². The van der Waals surface area contributed by atoms with Crippen LogP contribution in [0.3, 0.4) is 0 Å². The maximum atomic E-state index is 13.8. The Balaban J connectivity index is 2.34. The molecule has 45 heavy (non-hydrogen) atoms. The second-order valence-corrected chi connectivity index (χ2v) is 11.0. The SMILES string of the molecule is [B][C@@](CCCCN)(NC(=O)[C@]([B])(Cc1ccccc1)NC(=O)[C@@H](CCCN=C(N)N)NC(=O)[C@@H](N)Cc1ccccc1)C(N)=O. The van der Waals surface area contributed by atoms with Gasteiger partial charge in [-0.15, -0.1) is 0 Å². The molecule has 15 heteroatoms. The number of primary amides is 1. The number of nitrogens with zero attached hydrogens (tertiary/aromatic N) is 1. The van der Waals surface area contributed by atoms with Crippen LogP contribution in [0, 0.1) is 0 Å². The standard InChI is InChI=1S/C30H43B2N9O4/c31-29(26(35)44,15-7-8-16-33)41-27(45)30(32,19-21-12-5-2-6-13-21)40-25(43)23(14-9-17-38-28(36)37)39-24(42)22(34)18-20-10-3-1-4-11-20/h1-6,10-13,22-23H,7-9,14-19,33-34H2,(H2,35,44)(H,39,42)(H,40,43)(H,41,45)(H4,36,37,38)/t22-,23+,29-,30-/m0/s1. The molecule has 0 aliphatic heterocycles. The van der Waals surface area contributed by atoms with Crippen molar-refractivity contribution in [3.05, 3.63) is 71.8 Å². The second-order valence-electron chi connectivity index (χ2n) is 11.0. The molecule has 2 aromatic rings. The van der Waals surface area contributed by atoms with Crippen molar-refractivity contribution in [2.24, 2.45) is 33.7 Å². The molecule has 4 radical (unpaired) electrons. The first kappa shape index (κ1) is 36.8. The van der Waals surface area contributed by atoms with Crippen molar-refractivity contribution in [1.29, 1.82) is 0 Å². The fourth-order valence-electron chi connectivity index (χ4n) is 4.53. The molecule has 0 saturated heterocycles. The third-order valence-electron chi connectivity index (χ3n) is 7.09. The summed E-state index contributed by atoms with van der Waals surface area (Å²) in [5.74, 6) is -3.45. The largest absolute Gasteiger partial charge is 0.370 e. The number of hydrogen-bond acceptors (Lipinski definition) is 7. The third kappa shape index (κ3) is 12.3. The zero-order chi connectivity index (χ0) is 33.5. The normalized spacial score (nSPS) is 14.9. The van der Waals surface area contributed by atoms with Crippen LogP contribution < -0.4 is 44.6 Å². The number of amides is 4. The van der Waals surface area contributed by atoms with Gasteiger partial charge < -0.3 is 44.6 Å². The van der Waals surface area contributed by atoms with Gasteiger partial charge in [0.15, 0.2) is 5.96 Å². The van der Waals surface area contributed by atoms with Crippen LogP contribution in [-0.4, -0.2) is 81.3 Å². The fraction of sp³-hybridized carbons (Fsp3) is 0.433. The second kappa shape index (κ2) is 17.8. The Kier molecular flexibility index (Phi) is 14.6. The number of unbranched alkanes of at least 4 members (excludes halogenated alkanes) is 1. The van der Waals surface area contributed by atoms with Gasteiger partial charge in [0.05, 0.1) is 16.9 Å². The van der Waals surface area contributed by atoms with E-state index in [4.69, 9.17) is 44.4 Å². The van der Waals surface area contributed by atoms with Gasteiger partial charge in [0, 0.05) is 6.54 Å². The lowest BCUT2D eigenvalue weighted by Gasteiger charge is -2.37. The smallest absolute Gasteiger partial charge is 0.242 e. The minimum Gasteiger partial charge on any atom is -0.370 e. The Bertz CT molecular complexity index is 1300. The molecule has 238 valence electrons. The fourth-order valence-corrected chi connectivity index (χ4v) is 4.53. The van der Waals surface area contributed by atoms with E-state index < -0.39 is 46.6 Å². The Labute approximate surface area is 266 Å². The Morgan fingerprint density at radius 1 is 0.800 bits per heavy atom. The quantitative estimate of drug-likeness (QED) is 0.0376. The number of nitrogens with two attached hydrogens (primary N) is 5. The Morgan fingerprint density at radius 2 is 1.40 bits per heavy atom. The maximum Gasteiger partial charge on any atom is 0.242 e. The number of aliphatic imine (C=N–C) groups is 1. The number of guanidine groups is 1. The molecular weight excluding hydrogens is 572 g/mol. The van der Waals surface area contributed by atoms with Gasteiger partial charge in [-0.25, -0.2) is 0 Å². The monoisotopic (exact) mass is 615 g/mol. The van der Waals surface area contributed by atoms with E-state index in [-0.39, 0.29) is 38.2 Å². The average molecular weight is 615 g/mol. The van der Waals surface area contributed by atoms with E-state index in [0.717, 1.165) is 5.56 Å². The lowest BCUT2D eigenvalue weighted by atomic mass is 9.68. The van der Waals surface area contributed by atoms with E-state index >= 15 is 0 Å². The van der Waals surface area contributed by atoms with Crippen LogP contribution in [-0.2, 0) is 32.0 Å². The lowest BCUT2D eigenvalue weighted by Crippen LogP contribution is -2.69. The molecule has 4 atom stereocenters. The van der Waals surface area contributed by atoms with Gasteiger partial charge in [0.1, 0.15) is 21.7 Å². The molecule has 0 saturated carbocycles. The molecule has 0 aliphatic carbocycles. The number of rotatable bonds is 19. The van der Waals surface area contributed by atoms with Crippen molar-refractivity contribution in [3.8, 4) is 0 Å².